The van der Waals surface area contributed by atoms with Gasteiger partial charge in [0.05, 0.1) is 5.52 Å². The number of nitrogens with two attached hydrogens (primary N) is 1. The van der Waals surface area contributed by atoms with Gasteiger partial charge in [-0.25, -0.2) is 0 Å². The molecule has 0 bridgehead atoms. The lowest BCUT2D eigenvalue weighted by molar-refractivity contribution is -0.136. The molecule has 0 amide bonds. The molecule has 5 nitrogen and oxygen atoms in total. The third-order valence-electron chi connectivity index (χ3n) is 3.48. The third kappa shape index (κ3) is 2.72. The smallest absolute Gasteiger partial charge is 0.303 e. The van der Waals surface area contributed by atoms with Crippen LogP contribution in [0.3, 0.4) is 0 Å². The van der Waals surface area contributed by atoms with Gasteiger partial charge in [-0.3, -0.25) is 9.89 Å². The van der Waals surface area contributed by atoms with E-state index in [1.807, 2.05) is 42.5 Å². The Morgan fingerprint density at radius 2 is 2.00 bits per heavy atom. The highest BCUT2D eigenvalue weighted by Gasteiger charge is 2.06. The number of aryl methyl sites for hydroxylation is 1. The molecule has 0 saturated carbocycles. The third-order valence-corrected chi connectivity index (χ3v) is 3.48. The predicted octanol–water partition coefficient (Wildman–Crippen LogP) is 2.83. The Bertz CT molecular complexity index is 808. The first kappa shape index (κ1) is 13.2. The Labute approximate surface area is 121 Å². The second-order valence-corrected chi connectivity index (χ2v) is 4.96. The van der Waals surface area contributed by atoms with E-state index >= 15 is 0 Å². The van der Waals surface area contributed by atoms with Gasteiger partial charge in [0.2, 0.25) is 0 Å². The number of carbonyl (C=O) groups is 1. The van der Waals surface area contributed by atoms with E-state index < -0.39 is 5.97 Å². The number of hydrogen-bond donors (Lipinski definition) is 3. The minimum absolute atomic E-state index is 0.138. The maximum atomic E-state index is 10.7. The van der Waals surface area contributed by atoms with Crippen LogP contribution >= 0.6 is 0 Å². The Hall–Kier alpha value is -2.82. The van der Waals surface area contributed by atoms with E-state index in [0.29, 0.717) is 12.2 Å². The molecule has 0 spiro atoms. The van der Waals surface area contributed by atoms with E-state index in [0.717, 1.165) is 27.6 Å². The highest BCUT2D eigenvalue weighted by atomic mass is 16.4. The number of aromatic nitrogens is 2. The fraction of sp³-hybridized carbons (Fsp3) is 0.125. The first-order chi connectivity index (χ1) is 10.1. The molecule has 0 unspecified atom stereocenters. The van der Waals surface area contributed by atoms with Crippen LogP contribution in [0.25, 0.3) is 22.0 Å². The largest absolute Gasteiger partial charge is 0.481 e. The summed E-state index contributed by atoms with van der Waals surface area (Å²) >= 11 is 0. The normalized spacial score (nSPS) is 10.9. The summed E-state index contributed by atoms with van der Waals surface area (Å²) in [6.07, 6.45) is 0.669. The number of carboxylic acid groups (broad SMARTS) is 1. The van der Waals surface area contributed by atoms with Crippen LogP contribution in [-0.2, 0) is 11.2 Å². The molecule has 0 radical (unpaired) electrons. The van der Waals surface area contributed by atoms with Crippen molar-refractivity contribution in [2.24, 2.45) is 0 Å². The Morgan fingerprint density at radius 3 is 2.81 bits per heavy atom. The molecule has 1 aromatic heterocycles. The molecule has 106 valence electrons. The van der Waals surface area contributed by atoms with Gasteiger partial charge in [-0.15, -0.1) is 0 Å². The molecule has 21 heavy (non-hydrogen) atoms. The molecule has 0 saturated heterocycles. The number of fused-ring (bicyclic) bond motifs is 1. The van der Waals surface area contributed by atoms with Gasteiger partial charge in [0.1, 0.15) is 0 Å². The van der Waals surface area contributed by atoms with Gasteiger partial charge in [-0.05, 0) is 35.2 Å². The quantitative estimate of drug-likeness (QED) is 0.685. The van der Waals surface area contributed by atoms with Crippen LogP contribution in [-0.4, -0.2) is 21.3 Å². The zero-order chi connectivity index (χ0) is 14.8. The number of anilines is 1. The monoisotopic (exact) mass is 281 g/mol. The molecule has 4 N–H and O–H groups in total. The lowest BCUT2D eigenvalue weighted by atomic mass is 10.00. The first-order valence-corrected chi connectivity index (χ1v) is 6.68. The van der Waals surface area contributed by atoms with E-state index in [-0.39, 0.29) is 6.42 Å². The van der Waals surface area contributed by atoms with Gasteiger partial charge in [-0.1, -0.05) is 30.3 Å². The SMILES string of the molecule is Nc1n[nH]c2cc(-c3cccc(CCC(=O)O)c3)ccc12. The molecule has 1 heterocycles. The van der Waals surface area contributed by atoms with Crippen LogP contribution in [0.2, 0.25) is 0 Å². The second kappa shape index (κ2) is 5.28. The summed E-state index contributed by atoms with van der Waals surface area (Å²) in [7, 11) is 0. The summed E-state index contributed by atoms with van der Waals surface area (Å²) < 4.78 is 0. The van der Waals surface area contributed by atoms with Crippen molar-refractivity contribution in [2.45, 2.75) is 12.8 Å². The van der Waals surface area contributed by atoms with Crippen molar-refractivity contribution >= 4 is 22.7 Å². The molecule has 3 aromatic rings. The fourth-order valence-electron chi connectivity index (χ4n) is 2.38. The van der Waals surface area contributed by atoms with E-state index in [1.54, 1.807) is 0 Å². The van der Waals surface area contributed by atoms with Crippen molar-refractivity contribution < 1.29 is 9.90 Å². The molecule has 5 heteroatoms. The van der Waals surface area contributed by atoms with Gasteiger partial charge in [-0.2, -0.15) is 5.10 Å². The minimum Gasteiger partial charge on any atom is -0.481 e. The highest BCUT2D eigenvalue weighted by molar-refractivity contribution is 5.91. The number of aromatic amines is 1. The topological polar surface area (TPSA) is 92.0 Å². The molecule has 0 aliphatic rings. The number of carboxylic acids is 1. The lowest BCUT2D eigenvalue weighted by Crippen LogP contribution is -1.97. The van der Waals surface area contributed by atoms with Crippen LogP contribution in [0, 0.1) is 0 Å². The first-order valence-electron chi connectivity index (χ1n) is 6.68. The second-order valence-electron chi connectivity index (χ2n) is 4.96. The molecule has 3 rings (SSSR count). The standard InChI is InChI=1S/C16H15N3O2/c17-16-13-6-5-12(9-14(13)18-19-16)11-3-1-2-10(8-11)4-7-15(20)21/h1-3,5-6,8-9H,4,7H2,(H,20,21)(H3,17,18,19). The number of benzene rings is 2. The minimum atomic E-state index is -0.783. The predicted molar refractivity (Wildman–Crippen MR) is 81.9 cm³/mol. The number of H-pyrrole nitrogens is 1. The van der Waals surface area contributed by atoms with Crippen LogP contribution in [0.1, 0.15) is 12.0 Å². The van der Waals surface area contributed by atoms with E-state index in [1.165, 1.54) is 0 Å². The summed E-state index contributed by atoms with van der Waals surface area (Å²) in [6, 6.07) is 13.8. The zero-order valence-corrected chi connectivity index (χ0v) is 11.3. The van der Waals surface area contributed by atoms with Crippen molar-refractivity contribution in [3.8, 4) is 11.1 Å². The number of nitrogens with zero attached hydrogens (tertiary/aromatic N) is 1. The average molecular weight is 281 g/mol. The number of nitrogens with one attached hydrogen (secondary N) is 1. The average Bonchev–Trinajstić information content (AvgIpc) is 2.86. The van der Waals surface area contributed by atoms with Gasteiger partial charge in [0.15, 0.2) is 5.82 Å². The van der Waals surface area contributed by atoms with Gasteiger partial charge >= 0.3 is 5.97 Å². The summed E-state index contributed by atoms with van der Waals surface area (Å²) in [5.74, 6) is -0.290. The summed E-state index contributed by atoms with van der Waals surface area (Å²) in [5, 5.41) is 16.5. The Kier molecular flexibility index (Phi) is 3.31. The summed E-state index contributed by atoms with van der Waals surface area (Å²) in [5.41, 5.74) is 9.76. The summed E-state index contributed by atoms with van der Waals surface area (Å²) in [4.78, 5) is 10.7. The Balaban J connectivity index is 1.94. The highest BCUT2D eigenvalue weighted by Crippen LogP contribution is 2.26. The number of rotatable bonds is 4. The molecular weight excluding hydrogens is 266 g/mol. The Morgan fingerprint density at radius 1 is 1.19 bits per heavy atom. The van der Waals surface area contributed by atoms with Crippen LogP contribution in [0.4, 0.5) is 5.82 Å². The van der Waals surface area contributed by atoms with E-state index in [9.17, 15) is 4.79 Å². The van der Waals surface area contributed by atoms with Crippen LogP contribution in [0.5, 0.6) is 0 Å². The molecule has 0 aliphatic carbocycles. The van der Waals surface area contributed by atoms with Gasteiger partial charge < -0.3 is 10.8 Å². The van der Waals surface area contributed by atoms with Crippen molar-refractivity contribution in [2.75, 3.05) is 5.73 Å². The maximum Gasteiger partial charge on any atom is 0.303 e. The van der Waals surface area contributed by atoms with Gasteiger partial charge in [0, 0.05) is 11.8 Å². The number of aliphatic carboxylic acids is 1. The van der Waals surface area contributed by atoms with E-state index in [2.05, 4.69) is 10.2 Å². The fourth-order valence-corrected chi connectivity index (χ4v) is 2.38. The van der Waals surface area contributed by atoms with Crippen molar-refractivity contribution in [1.29, 1.82) is 0 Å². The summed E-state index contributed by atoms with van der Waals surface area (Å²) in [6.45, 7) is 0. The van der Waals surface area contributed by atoms with Crippen molar-refractivity contribution in [1.82, 2.24) is 10.2 Å². The van der Waals surface area contributed by atoms with Crippen molar-refractivity contribution in [3.63, 3.8) is 0 Å². The van der Waals surface area contributed by atoms with E-state index in [4.69, 9.17) is 10.8 Å². The maximum absolute atomic E-state index is 10.7. The molecule has 0 aliphatic heterocycles. The molecular formula is C16H15N3O2. The number of hydrogen-bond acceptors (Lipinski definition) is 3. The van der Waals surface area contributed by atoms with Crippen LogP contribution < -0.4 is 5.73 Å². The molecule has 0 fully saturated rings. The van der Waals surface area contributed by atoms with Crippen molar-refractivity contribution in [3.05, 3.63) is 48.0 Å². The lowest BCUT2D eigenvalue weighted by Gasteiger charge is -2.05. The molecule has 2 aromatic carbocycles. The number of nitrogen functional groups attached to an aromatic ring is 1. The van der Waals surface area contributed by atoms with Crippen LogP contribution in [0.15, 0.2) is 42.5 Å². The molecule has 0 atom stereocenters. The zero-order valence-electron chi connectivity index (χ0n) is 11.3. The van der Waals surface area contributed by atoms with Gasteiger partial charge in [0.25, 0.3) is 0 Å².